The normalized spacial score (nSPS) is 12.0. The Morgan fingerprint density at radius 3 is 2.42 bits per heavy atom. The highest BCUT2D eigenvalue weighted by molar-refractivity contribution is 9.11. The molecule has 0 heterocycles. The minimum Gasteiger partial charge on any atom is -0.496 e. The fourth-order valence-electron chi connectivity index (χ4n) is 1.33. The van der Waals surface area contributed by atoms with Crippen molar-refractivity contribution in [2.75, 3.05) is 20.3 Å². The van der Waals surface area contributed by atoms with Gasteiger partial charge in [0.1, 0.15) is 18.1 Å². The average molecular weight is 398 g/mol. The van der Waals surface area contributed by atoms with Gasteiger partial charge in [-0.25, -0.2) is 4.79 Å². The van der Waals surface area contributed by atoms with Gasteiger partial charge >= 0.3 is 5.97 Å². The van der Waals surface area contributed by atoms with Crippen LogP contribution in [0, 0.1) is 0 Å². The van der Waals surface area contributed by atoms with Crippen molar-refractivity contribution in [1.29, 1.82) is 0 Å². The first-order valence-corrected chi connectivity index (χ1v) is 7.08. The van der Waals surface area contributed by atoms with Gasteiger partial charge in [-0.2, -0.15) is 0 Å². The molecule has 1 rings (SSSR count). The maximum atomic E-state index is 10.9. The first kappa shape index (κ1) is 16.3. The van der Waals surface area contributed by atoms with Crippen molar-refractivity contribution < 1.29 is 24.1 Å². The second kappa shape index (κ2) is 7.72. The molecule has 0 bridgehead atoms. The highest BCUT2D eigenvalue weighted by Gasteiger charge is 2.19. The van der Waals surface area contributed by atoms with Crippen LogP contribution in [0.1, 0.15) is 6.92 Å². The monoisotopic (exact) mass is 396 g/mol. The van der Waals surface area contributed by atoms with Crippen molar-refractivity contribution in [2.45, 2.75) is 13.0 Å². The SMILES string of the molecule is CCOC(COc1cc(Br)c(OC)cc1Br)C(=O)O. The topological polar surface area (TPSA) is 65.0 Å². The molecular formula is C12H14Br2O5. The van der Waals surface area contributed by atoms with Crippen LogP contribution in [0.15, 0.2) is 21.1 Å². The Bertz CT molecular complexity index is 450. The Labute approximate surface area is 128 Å². The summed E-state index contributed by atoms with van der Waals surface area (Å²) < 4.78 is 17.0. The molecule has 1 aromatic carbocycles. The lowest BCUT2D eigenvalue weighted by Crippen LogP contribution is -2.30. The number of hydrogen-bond donors (Lipinski definition) is 1. The second-order valence-corrected chi connectivity index (χ2v) is 5.22. The van der Waals surface area contributed by atoms with Crippen LogP contribution >= 0.6 is 31.9 Å². The molecule has 19 heavy (non-hydrogen) atoms. The van der Waals surface area contributed by atoms with E-state index in [-0.39, 0.29) is 6.61 Å². The van der Waals surface area contributed by atoms with Gasteiger partial charge in [0.25, 0.3) is 0 Å². The molecule has 0 aliphatic heterocycles. The lowest BCUT2D eigenvalue weighted by Gasteiger charge is -2.15. The Morgan fingerprint density at radius 1 is 1.32 bits per heavy atom. The summed E-state index contributed by atoms with van der Waals surface area (Å²) in [6.07, 6.45) is -0.988. The molecule has 0 aromatic heterocycles. The summed E-state index contributed by atoms with van der Waals surface area (Å²) in [7, 11) is 1.56. The van der Waals surface area contributed by atoms with Crippen molar-refractivity contribution in [3.63, 3.8) is 0 Å². The van der Waals surface area contributed by atoms with Gasteiger partial charge in [0, 0.05) is 6.61 Å². The van der Waals surface area contributed by atoms with E-state index >= 15 is 0 Å². The molecule has 1 N–H and O–H groups in total. The predicted molar refractivity (Wildman–Crippen MR) is 76.9 cm³/mol. The van der Waals surface area contributed by atoms with Crippen LogP contribution in [0.25, 0.3) is 0 Å². The van der Waals surface area contributed by atoms with E-state index in [4.69, 9.17) is 19.3 Å². The maximum absolute atomic E-state index is 10.9. The third-order valence-electron chi connectivity index (χ3n) is 2.24. The van der Waals surface area contributed by atoms with Crippen LogP contribution in [0.5, 0.6) is 11.5 Å². The molecule has 0 amide bonds. The van der Waals surface area contributed by atoms with E-state index < -0.39 is 12.1 Å². The van der Waals surface area contributed by atoms with Crippen molar-refractivity contribution in [3.05, 3.63) is 21.1 Å². The minimum absolute atomic E-state index is 0.0689. The fraction of sp³-hybridized carbons (Fsp3) is 0.417. The van der Waals surface area contributed by atoms with Crippen LogP contribution in [0.3, 0.4) is 0 Å². The van der Waals surface area contributed by atoms with E-state index in [0.29, 0.717) is 22.6 Å². The van der Waals surface area contributed by atoms with Gasteiger partial charge in [-0.3, -0.25) is 0 Å². The van der Waals surface area contributed by atoms with Gasteiger partial charge in [-0.05, 0) is 50.9 Å². The van der Waals surface area contributed by atoms with E-state index in [1.54, 1.807) is 26.2 Å². The molecule has 1 unspecified atom stereocenters. The van der Waals surface area contributed by atoms with Gasteiger partial charge in [-0.15, -0.1) is 0 Å². The summed E-state index contributed by atoms with van der Waals surface area (Å²) in [5, 5.41) is 8.94. The molecule has 0 aliphatic carbocycles. The van der Waals surface area contributed by atoms with Crippen LogP contribution in [0.4, 0.5) is 0 Å². The Hall–Kier alpha value is -0.790. The number of carboxylic acid groups (broad SMARTS) is 1. The summed E-state index contributed by atoms with van der Waals surface area (Å²) in [6.45, 7) is 1.98. The first-order valence-electron chi connectivity index (χ1n) is 5.49. The average Bonchev–Trinajstić information content (AvgIpc) is 2.37. The molecule has 0 fully saturated rings. The number of aliphatic carboxylic acids is 1. The summed E-state index contributed by atoms with van der Waals surface area (Å²) in [5.41, 5.74) is 0. The first-order chi connectivity index (χ1) is 8.99. The number of halogens is 2. The van der Waals surface area contributed by atoms with E-state index in [0.717, 1.165) is 4.47 Å². The van der Waals surface area contributed by atoms with Gasteiger partial charge in [0.05, 0.1) is 16.1 Å². The molecule has 5 nitrogen and oxygen atoms in total. The molecule has 0 radical (unpaired) electrons. The molecule has 0 spiro atoms. The van der Waals surface area contributed by atoms with Gasteiger partial charge in [0.15, 0.2) is 6.10 Å². The van der Waals surface area contributed by atoms with Gasteiger partial charge in [0.2, 0.25) is 0 Å². The van der Waals surface area contributed by atoms with Crippen molar-refractivity contribution in [3.8, 4) is 11.5 Å². The number of carboxylic acids is 1. The van der Waals surface area contributed by atoms with E-state index in [9.17, 15) is 4.79 Å². The van der Waals surface area contributed by atoms with E-state index in [1.807, 2.05) is 0 Å². The predicted octanol–water partition coefficient (Wildman–Crippen LogP) is 3.09. The summed E-state index contributed by atoms with van der Waals surface area (Å²) in [6, 6.07) is 3.43. The third-order valence-corrected chi connectivity index (χ3v) is 3.48. The summed E-state index contributed by atoms with van der Waals surface area (Å²) in [4.78, 5) is 10.9. The lowest BCUT2D eigenvalue weighted by atomic mass is 10.3. The number of hydrogen-bond acceptors (Lipinski definition) is 4. The van der Waals surface area contributed by atoms with E-state index in [2.05, 4.69) is 31.9 Å². The van der Waals surface area contributed by atoms with Gasteiger partial charge in [-0.1, -0.05) is 0 Å². The van der Waals surface area contributed by atoms with Gasteiger partial charge < -0.3 is 19.3 Å². The van der Waals surface area contributed by atoms with Crippen LogP contribution in [-0.4, -0.2) is 37.5 Å². The van der Waals surface area contributed by atoms with Crippen molar-refractivity contribution in [2.24, 2.45) is 0 Å². The minimum atomic E-state index is -1.05. The molecule has 7 heteroatoms. The largest absolute Gasteiger partial charge is 0.496 e. The highest BCUT2D eigenvalue weighted by atomic mass is 79.9. The van der Waals surface area contributed by atoms with Crippen LogP contribution in [-0.2, 0) is 9.53 Å². The second-order valence-electron chi connectivity index (χ2n) is 3.51. The number of carbonyl (C=O) groups is 1. The smallest absolute Gasteiger partial charge is 0.336 e. The molecule has 1 aromatic rings. The van der Waals surface area contributed by atoms with Crippen molar-refractivity contribution in [1.82, 2.24) is 0 Å². The molecular weight excluding hydrogens is 384 g/mol. The molecule has 0 saturated carbocycles. The number of methoxy groups -OCH3 is 1. The molecule has 106 valence electrons. The fourth-order valence-corrected chi connectivity index (χ4v) is 2.26. The van der Waals surface area contributed by atoms with Crippen molar-refractivity contribution >= 4 is 37.8 Å². The Balaban J connectivity index is 2.77. The molecule has 0 saturated heterocycles. The Morgan fingerprint density at radius 2 is 1.89 bits per heavy atom. The lowest BCUT2D eigenvalue weighted by molar-refractivity contribution is -0.152. The quantitative estimate of drug-likeness (QED) is 0.765. The number of ether oxygens (including phenoxy) is 3. The highest BCUT2D eigenvalue weighted by Crippen LogP contribution is 2.36. The summed E-state index contributed by atoms with van der Waals surface area (Å²) in [5.74, 6) is 0.114. The summed E-state index contributed by atoms with van der Waals surface area (Å²) >= 11 is 6.67. The van der Waals surface area contributed by atoms with Crippen LogP contribution < -0.4 is 9.47 Å². The Kier molecular flexibility index (Phi) is 6.60. The standard InChI is InChI=1S/C12H14Br2O5/c1-3-18-11(12(15)16)6-19-10-5-7(13)9(17-2)4-8(10)14/h4-5,11H,3,6H2,1-2H3,(H,15,16). The number of rotatable bonds is 7. The molecule has 1 atom stereocenters. The zero-order chi connectivity index (χ0) is 14.4. The van der Waals surface area contributed by atoms with E-state index in [1.165, 1.54) is 0 Å². The zero-order valence-corrected chi connectivity index (χ0v) is 13.7. The third kappa shape index (κ3) is 4.67. The van der Waals surface area contributed by atoms with Crippen LogP contribution in [0.2, 0.25) is 0 Å². The molecule has 0 aliphatic rings. The number of benzene rings is 1. The maximum Gasteiger partial charge on any atom is 0.336 e. The zero-order valence-electron chi connectivity index (χ0n) is 10.5.